The normalized spacial score (nSPS) is 31.0. The predicted molar refractivity (Wildman–Crippen MR) is 81.9 cm³/mol. The van der Waals surface area contributed by atoms with Gasteiger partial charge in [-0.15, -0.1) is 0 Å². The van der Waals surface area contributed by atoms with E-state index in [1.54, 1.807) is 6.92 Å². The van der Waals surface area contributed by atoms with E-state index in [0.29, 0.717) is 24.4 Å². The van der Waals surface area contributed by atoms with Crippen molar-refractivity contribution in [1.29, 1.82) is 0 Å². The van der Waals surface area contributed by atoms with Crippen molar-refractivity contribution in [3.05, 3.63) is 0 Å². The Morgan fingerprint density at radius 3 is 2.48 bits per heavy atom. The summed E-state index contributed by atoms with van der Waals surface area (Å²) in [5.41, 5.74) is 0. The monoisotopic (exact) mass is 296 g/mol. The second-order valence-corrected chi connectivity index (χ2v) is 6.87. The largest absolute Gasteiger partial charge is 0.348 e. The van der Waals surface area contributed by atoms with E-state index in [4.69, 9.17) is 0 Å². The van der Waals surface area contributed by atoms with E-state index < -0.39 is 0 Å². The number of quaternary nitrogens is 1. The van der Waals surface area contributed by atoms with Crippen molar-refractivity contribution >= 4 is 11.8 Å². The van der Waals surface area contributed by atoms with Crippen LogP contribution >= 0.6 is 0 Å². The van der Waals surface area contributed by atoms with Crippen LogP contribution in [0, 0.1) is 11.8 Å². The Morgan fingerprint density at radius 1 is 1.19 bits per heavy atom. The zero-order valence-corrected chi connectivity index (χ0v) is 13.7. The fraction of sp³-hybridized carbons (Fsp3) is 0.875. The Hall–Kier alpha value is -1.10. The van der Waals surface area contributed by atoms with Crippen molar-refractivity contribution in [1.82, 2.24) is 10.2 Å². The van der Waals surface area contributed by atoms with E-state index in [2.05, 4.69) is 19.2 Å². The standard InChI is InChI=1S/C16H29N3O2/c1-12-5-4-6-15(13(12)2)17-16(21)11-18-7-9-19(10-8-18)14(3)20/h12-13,15H,4-11H2,1-3H3,(H,17,21)/p+1/t12-,13-,15+/m1/s1. The van der Waals surface area contributed by atoms with Crippen LogP contribution in [0.4, 0.5) is 0 Å². The molecule has 0 radical (unpaired) electrons. The minimum absolute atomic E-state index is 0.142. The molecule has 0 aromatic rings. The molecule has 1 aliphatic heterocycles. The number of rotatable bonds is 3. The van der Waals surface area contributed by atoms with Crippen LogP contribution in [0.1, 0.15) is 40.0 Å². The molecule has 3 atom stereocenters. The first-order valence-corrected chi connectivity index (χ1v) is 8.36. The number of carbonyl (C=O) groups excluding carboxylic acids is 2. The summed E-state index contributed by atoms with van der Waals surface area (Å²) in [4.78, 5) is 26.7. The zero-order chi connectivity index (χ0) is 15.4. The van der Waals surface area contributed by atoms with Crippen LogP contribution in [0.15, 0.2) is 0 Å². The van der Waals surface area contributed by atoms with Gasteiger partial charge < -0.3 is 15.1 Å². The molecule has 2 aliphatic rings. The molecule has 0 aromatic carbocycles. The Morgan fingerprint density at radius 2 is 1.86 bits per heavy atom. The summed E-state index contributed by atoms with van der Waals surface area (Å²) in [5, 5.41) is 3.24. The third-order valence-electron chi connectivity index (χ3n) is 5.38. The molecule has 2 N–H and O–H groups in total. The topological polar surface area (TPSA) is 53.9 Å². The van der Waals surface area contributed by atoms with Gasteiger partial charge in [0.15, 0.2) is 6.54 Å². The number of piperazine rings is 1. The molecule has 2 amide bonds. The molecule has 1 saturated heterocycles. The van der Waals surface area contributed by atoms with Crippen molar-refractivity contribution < 1.29 is 14.5 Å². The molecule has 0 unspecified atom stereocenters. The lowest BCUT2D eigenvalue weighted by Gasteiger charge is -2.35. The second kappa shape index (κ2) is 7.25. The van der Waals surface area contributed by atoms with E-state index in [1.807, 2.05) is 4.90 Å². The number of nitrogens with zero attached hydrogens (tertiary/aromatic N) is 1. The van der Waals surface area contributed by atoms with Crippen LogP contribution < -0.4 is 10.2 Å². The van der Waals surface area contributed by atoms with Gasteiger partial charge in [-0.3, -0.25) is 9.59 Å². The van der Waals surface area contributed by atoms with Gasteiger partial charge in [0.25, 0.3) is 5.91 Å². The summed E-state index contributed by atoms with van der Waals surface area (Å²) >= 11 is 0. The fourth-order valence-electron chi connectivity index (χ4n) is 3.59. The highest BCUT2D eigenvalue weighted by Gasteiger charge is 2.29. The third-order valence-corrected chi connectivity index (χ3v) is 5.38. The average molecular weight is 296 g/mol. The summed E-state index contributed by atoms with van der Waals surface area (Å²) in [6.07, 6.45) is 3.62. The summed E-state index contributed by atoms with van der Waals surface area (Å²) in [6, 6.07) is 0.346. The maximum atomic E-state index is 12.2. The molecule has 1 aliphatic carbocycles. The lowest BCUT2D eigenvalue weighted by molar-refractivity contribution is -0.896. The van der Waals surface area contributed by atoms with Gasteiger partial charge in [0, 0.05) is 13.0 Å². The van der Waals surface area contributed by atoms with Crippen molar-refractivity contribution in [3.63, 3.8) is 0 Å². The lowest BCUT2D eigenvalue weighted by atomic mass is 9.78. The highest BCUT2D eigenvalue weighted by atomic mass is 16.2. The van der Waals surface area contributed by atoms with Crippen molar-refractivity contribution in [3.8, 4) is 0 Å². The van der Waals surface area contributed by atoms with Crippen molar-refractivity contribution in [2.75, 3.05) is 32.7 Å². The first-order valence-electron chi connectivity index (χ1n) is 8.36. The average Bonchev–Trinajstić information content (AvgIpc) is 2.44. The molecule has 2 fully saturated rings. The minimum atomic E-state index is 0.142. The molecule has 0 aromatic heterocycles. The van der Waals surface area contributed by atoms with Crippen LogP contribution in [-0.4, -0.2) is 55.5 Å². The van der Waals surface area contributed by atoms with Gasteiger partial charge in [-0.25, -0.2) is 0 Å². The predicted octanol–water partition coefficient (Wildman–Crippen LogP) is -0.326. The van der Waals surface area contributed by atoms with Crippen LogP contribution in [-0.2, 0) is 9.59 Å². The summed E-state index contributed by atoms with van der Waals surface area (Å²) in [7, 11) is 0. The molecule has 120 valence electrons. The molecular formula is C16H30N3O2+. The van der Waals surface area contributed by atoms with Crippen molar-refractivity contribution in [2.45, 2.75) is 46.1 Å². The number of carbonyl (C=O) groups is 2. The molecule has 2 rings (SSSR count). The lowest BCUT2D eigenvalue weighted by Crippen LogP contribution is -3.15. The van der Waals surface area contributed by atoms with Crippen LogP contribution in [0.2, 0.25) is 0 Å². The first kappa shape index (κ1) is 16.3. The molecular weight excluding hydrogens is 266 g/mol. The summed E-state index contributed by atoms with van der Waals surface area (Å²) in [6.45, 7) is 10.0. The van der Waals surface area contributed by atoms with E-state index in [9.17, 15) is 9.59 Å². The van der Waals surface area contributed by atoms with Crippen molar-refractivity contribution in [2.24, 2.45) is 11.8 Å². The van der Waals surface area contributed by atoms with Gasteiger partial charge in [0.2, 0.25) is 5.91 Å². The molecule has 5 heteroatoms. The third kappa shape index (κ3) is 4.43. The number of nitrogens with one attached hydrogen (secondary N) is 2. The van der Waals surface area contributed by atoms with E-state index in [-0.39, 0.29) is 11.8 Å². The zero-order valence-electron chi connectivity index (χ0n) is 13.7. The van der Waals surface area contributed by atoms with Gasteiger partial charge in [0.05, 0.1) is 26.2 Å². The molecule has 21 heavy (non-hydrogen) atoms. The molecule has 5 nitrogen and oxygen atoms in total. The maximum Gasteiger partial charge on any atom is 0.275 e. The highest BCUT2D eigenvalue weighted by molar-refractivity contribution is 5.77. The quantitative estimate of drug-likeness (QED) is 0.750. The number of hydrogen-bond donors (Lipinski definition) is 2. The second-order valence-electron chi connectivity index (χ2n) is 6.87. The van der Waals surface area contributed by atoms with Crippen LogP contribution in [0.5, 0.6) is 0 Å². The minimum Gasteiger partial charge on any atom is -0.348 e. The summed E-state index contributed by atoms with van der Waals surface area (Å²) < 4.78 is 0. The van der Waals surface area contributed by atoms with Gasteiger partial charge in [0.1, 0.15) is 0 Å². The Labute approximate surface area is 128 Å². The number of hydrogen-bond acceptors (Lipinski definition) is 2. The highest BCUT2D eigenvalue weighted by Crippen LogP contribution is 2.29. The Bertz CT molecular complexity index is 378. The first-order chi connectivity index (χ1) is 9.97. The molecule has 0 bridgehead atoms. The van der Waals surface area contributed by atoms with Gasteiger partial charge in [-0.05, 0) is 18.3 Å². The fourth-order valence-corrected chi connectivity index (χ4v) is 3.59. The van der Waals surface area contributed by atoms with E-state index in [0.717, 1.165) is 32.6 Å². The molecule has 1 heterocycles. The smallest absolute Gasteiger partial charge is 0.275 e. The molecule has 0 spiro atoms. The van der Waals surface area contributed by atoms with Crippen LogP contribution in [0.25, 0.3) is 0 Å². The summed E-state index contributed by atoms with van der Waals surface area (Å²) in [5.74, 6) is 1.60. The maximum absolute atomic E-state index is 12.2. The van der Waals surface area contributed by atoms with Gasteiger partial charge >= 0.3 is 0 Å². The number of amides is 2. The van der Waals surface area contributed by atoms with Gasteiger partial charge in [-0.1, -0.05) is 26.7 Å². The van der Waals surface area contributed by atoms with Gasteiger partial charge in [-0.2, -0.15) is 0 Å². The van der Waals surface area contributed by atoms with E-state index in [1.165, 1.54) is 17.7 Å². The van der Waals surface area contributed by atoms with Crippen LogP contribution in [0.3, 0.4) is 0 Å². The van der Waals surface area contributed by atoms with E-state index >= 15 is 0 Å². The molecule has 1 saturated carbocycles. The Balaban J connectivity index is 1.74. The SMILES string of the molecule is CC(=O)N1CC[NH+](CC(=O)N[C@H]2CCC[C@@H](C)[C@H]2C)CC1. The Kier molecular flexibility index (Phi) is 5.62.